The molecule has 1 aromatic carbocycles. The maximum Gasteiger partial charge on any atom is 0.244 e. The Balaban J connectivity index is 1.79. The second-order valence-corrected chi connectivity index (χ2v) is 5.57. The number of halogens is 2. The highest BCUT2D eigenvalue weighted by Crippen LogP contribution is 2.35. The third kappa shape index (κ3) is 2.36. The molecule has 0 aliphatic carbocycles. The molecule has 1 aromatic heterocycles. The predicted molar refractivity (Wildman–Crippen MR) is 72.5 cm³/mol. The summed E-state index contributed by atoms with van der Waals surface area (Å²) >= 11 is 1.52. The van der Waals surface area contributed by atoms with E-state index < -0.39 is 12.3 Å². The van der Waals surface area contributed by atoms with E-state index in [2.05, 4.69) is 4.98 Å². The Labute approximate surface area is 113 Å². The second kappa shape index (κ2) is 4.92. The van der Waals surface area contributed by atoms with E-state index in [1.54, 1.807) is 0 Å². The maximum absolute atomic E-state index is 12.5. The Kier molecular flexibility index (Phi) is 3.26. The van der Waals surface area contributed by atoms with Crippen LogP contribution in [0.4, 0.5) is 13.9 Å². The Morgan fingerprint density at radius 2 is 2.26 bits per heavy atom. The van der Waals surface area contributed by atoms with Gasteiger partial charge < -0.3 is 9.64 Å². The van der Waals surface area contributed by atoms with Gasteiger partial charge in [-0.05, 0) is 25.1 Å². The molecule has 1 fully saturated rings. The summed E-state index contributed by atoms with van der Waals surface area (Å²) in [5, 5.41) is 0.820. The molecule has 2 aromatic rings. The van der Waals surface area contributed by atoms with Crippen molar-refractivity contribution in [2.45, 2.75) is 13.3 Å². The largest absolute Gasteiger partial charge is 0.494 e. The molecule has 1 aliphatic rings. The van der Waals surface area contributed by atoms with Crippen LogP contribution in [-0.4, -0.2) is 31.1 Å². The van der Waals surface area contributed by atoms with Crippen LogP contribution in [0.3, 0.4) is 0 Å². The molecule has 2 heterocycles. The zero-order valence-corrected chi connectivity index (χ0v) is 11.3. The van der Waals surface area contributed by atoms with Crippen molar-refractivity contribution < 1.29 is 13.5 Å². The molecule has 6 heteroatoms. The first-order chi connectivity index (χ1) is 9.17. The lowest BCUT2D eigenvalue weighted by Gasteiger charge is -2.38. The lowest BCUT2D eigenvalue weighted by molar-refractivity contribution is 0.0614. The summed E-state index contributed by atoms with van der Waals surface area (Å²) in [4.78, 5) is 6.38. The number of aromatic nitrogens is 1. The molecule has 0 saturated carbocycles. The highest BCUT2D eigenvalue weighted by Gasteiger charge is 2.35. The van der Waals surface area contributed by atoms with E-state index in [-0.39, 0.29) is 0 Å². The summed E-state index contributed by atoms with van der Waals surface area (Å²) in [6.45, 7) is 3.36. The van der Waals surface area contributed by atoms with E-state index >= 15 is 0 Å². The Bertz CT molecular complexity index is 581. The molecule has 0 spiro atoms. The van der Waals surface area contributed by atoms with E-state index in [0.29, 0.717) is 19.7 Å². The van der Waals surface area contributed by atoms with Gasteiger partial charge in [-0.1, -0.05) is 11.3 Å². The molecular weight excluding hydrogens is 270 g/mol. The third-order valence-electron chi connectivity index (χ3n) is 3.20. The van der Waals surface area contributed by atoms with Gasteiger partial charge in [-0.15, -0.1) is 0 Å². The molecule has 1 saturated heterocycles. The first-order valence-corrected chi connectivity index (χ1v) is 7.05. The molecule has 0 bridgehead atoms. The zero-order valence-electron chi connectivity index (χ0n) is 10.5. The van der Waals surface area contributed by atoms with Crippen LogP contribution in [0, 0.1) is 5.92 Å². The topological polar surface area (TPSA) is 25.4 Å². The van der Waals surface area contributed by atoms with E-state index in [9.17, 15) is 8.78 Å². The van der Waals surface area contributed by atoms with Crippen LogP contribution in [0.25, 0.3) is 10.2 Å². The fourth-order valence-corrected chi connectivity index (χ4v) is 3.12. The maximum atomic E-state index is 12.5. The number of alkyl halides is 2. The standard InChI is InChI=1S/C13H14F2N2OS/c1-2-18-9-3-4-10-11(5-9)19-13(16-10)17-6-8(7-17)12(14)15/h3-5,8,12H,2,6-7H2,1H3. The fourth-order valence-electron chi connectivity index (χ4n) is 2.11. The van der Waals surface area contributed by atoms with Crippen molar-refractivity contribution in [2.24, 2.45) is 5.92 Å². The monoisotopic (exact) mass is 284 g/mol. The van der Waals surface area contributed by atoms with Gasteiger partial charge in [0.2, 0.25) is 6.43 Å². The van der Waals surface area contributed by atoms with E-state index in [4.69, 9.17) is 4.74 Å². The number of benzene rings is 1. The van der Waals surface area contributed by atoms with Crippen molar-refractivity contribution in [2.75, 3.05) is 24.6 Å². The predicted octanol–water partition coefficient (Wildman–Crippen LogP) is 3.40. The normalized spacial score (nSPS) is 16.1. The van der Waals surface area contributed by atoms with E-state index in [1.165, 1.54) is 11.3 Å². The van der Waals surface area contributed by atoms with Gasteiger partial charge in [0.1, 0.15) is 5.75 Å². The third-order valence-corrected chi connectivity index (χ3v) is 4.28. The van der Waals surface area contributed by atoms with Crippen LogP contribution >= 0.6 is 11.3 Å². The van der Waals surface area contributed by atoms with Crippen LogP contribution in [-0.2, 0) is 0 Å². The van der Waals surface area contributed by atoms with Crippen LogP contribution < -0.4 is 9.64 Å². The van der Waals surface area contributed by atoms with Crippen molar-refractivity contribution in [3.05, 3.63) is 18.2 Å². The minimum absolute atomic E-state index is 0.399. The Hall–Kier alpha value is -1.43. The quantitative estimate of drug-likeness (QED) is 0.860. The fraction of sp³-hybridized carbons (Fsp3) is 0.462. The molecule has 0 atom stereocenters. The SMILES string of the molecule is CCOc1ccc2nc(N3CC(C(F)F)C3)sc2c1. The summed E-state index contributed by atoms with van der Waals surface area (Å²) in [5.74, 6) is 0.310. The van der Waals surface area contributed by atoms with Gasteiger partial charge in [0.15, 0.2) is 5.13 Å². The average Bonchev–Trinajstić information content (AvgIpc) is 2.69. The molecule has 0 radical (unpaired) electrons. The molecule has 1 aliphatic heterocycles. The lowest BCUT2D eigenvalue weighted by atomic mass is 10.0. The van der Waals surface area contributed by atoms with Crippen LogP contribution in [0.15, 0.2) is 18.2 Å². The van der Waals surface area contributed by atoms with Crippen molar-refractivity contribution >= 4 is 26.7 Å². The number of nitrogens with zero attached hydrogens (tertiary/aromatic N) is 2. The number of hydrogen-bond donors (Lipinski definition) is 0. The van der Waals surface area contributed by atoms with Gasteiger partial charge >= 0.3 is 0 Å². The van der Waals surface area contributed by atoms with E-state index in [1.807, 2.05) is 30.0 Å². The number of ether oxygens (including phenoxy) is 1. The van der Waals surface area contributed by atoms with Crippen molar-refractivity contribution in [1.29, 1.82) is 0 Å². The van der Waals surface area contributed by atoms with Gasteiger partial charge in [-0.25, -0.2) is 13.8 Å². The van der Waals surface area contributed by atoms with Crippen LogP contribution in [0.2, 0.25) is 0 Å². The Morgan fingerprint density at radius 3 is 2.95 bits per heavy atom. The number of anilines is 1. The summed E-state index contributed by atoms with van der Waals surface area (Å²) < 4.78 is 31.4. The lowest BCUT2D eigenvalue weighted by Crippen LogP contribution is -2.50. The molecule has 102 valence electrons. The van der Waals surface area contributed by atoms with Crippen LogP contribution in [0.5, 0.6) is 5.75 Å². The molecule has 19 heavy (non-hydrogen) atoms. The summed E-state index contributed by atoms with van der Waals surface area (Å²) in [6, 6.07) is 5.74. The molecule has 0 amide bonds. The highest BCUT2D eigenvalue weighted by molar-refractivity contribution is 7.22. The van der Waals surface area contributed by atoms with Crippen LogP contribution in [0.1, 0.15) is 6.92 Å². The number of hydrogen-bond acceptors (Lipinski definition) is 4. The van der Waals surface area contributed by atoms with Gasteiger partial charge in [0.05, 0.1) is 22.7 Å². The van der Waals surface area contributed by atoms with Gasteiger partial charge in [0, 0.05) is 13.1 Å². The number of thiazole rings is 1. The summed E-state index contributed by atoms with van der Waals surface area (Å²) in [5.41, 5.74) is 0.893. The van der Waals surface area contributed by atoms with Gasteiger partial charge in [-0.2, -0.15) is 0 Å². The van der Waals surface area contributed by atoms with Gasteiger partial charge in [-0.3, -0.25) is 0 Å². The van der Waals surface area contributed by atoms with Crippen molar-refractivity contribution in [3.63, 3.8) is 0 Å². The average molecular weight is 284 g/mol. The summed E-state index contributed by atoms with van der Waals surface area (Å²) in [7, 11) is 0. The molecule has 0 N–H and O–H groups in total. The zero-order chi connectivity index (χ0) is 13.4. The smallest absolute Gasteiger partial charge is 0.244 e. The molecule has 0 unspecified atom stereocenters. The van der Waals surface area contributed by atoms with Crippen molar-refractivity contribution in [3.8, 4) is 5.75 Å². The highest BCUT2D eigenvalue weighted by atomic mass is 32.1. The molecule has 3 rings (SSSR count). The van der Waals surface area contributed by atoms with Crippen molar-refractivity contribution in [1.82, 2.24) is 4.98 Å². The van der Waals surface area contributed by atoms with E-state index in [0.717, 1.165) is 21.1 Å². The molecule has 3 nitrogen and oxygen atoms in total. The molecular formula is C13H14F2N2OS. The first kappa shape index (κ1) is 12.6. The Morgan fingerprint density at radius 1 is 1.47 bits per heavy atom. The second-order valence-electron chi connectivity index (χ2n) is 4.56. The minimum atomic E-state index is -2.23. The number of fused-ring (bicyclic) bond motifs is 1. The minimum Gasteiger partial charge on any atom is -0.494 e. The number of rotatable bonds is 4. The first-order valence-electron chi connectivity index (χ1n) is 6.24. The van der Waals surface area contributed by atoms with Gasteiger partial charge in [0.25, 0.3) is 0 Å². The summed E-state index contributed by atoms with van der Waals surface area (Å²) in [6.07, 6.45) is -2.23.